The van der Waals surface area contributed by atoms with Gasteiger partial charge < -0.3 is 0 Å². The molecule has 53 heavy (non-hydrogen) atoms. The third kappa shape index (κ3) is 5.22. The molecule has 0 heterocycles. The van der Waals surface area contributed by atoms with Crippen LogP contribution in [0.15, 0.2) is 194 Å². The van der Waals surface area contributed by atoms with Gasteiger partial charge in [-0.25, -0.2) is 0 Å². The molecule has 0 amide bonds. The van der Waals surface area contributed by atoms with Crippen molar-refractivity contribution in [3.63, 3.8) is 0 Å². The molecule has 8 aromatic carbocycles. The lowest BCUT2D eigenvalue weighted by Gasteiger charge is -2.30. The van der Waals surface area contributed by atoms with Crippen molar-refractivity contribution in [3.05, 3.63) is 239 Å². The molecule has 0 radical (unpaired) electrons. The Morgan fingerprint density at radius 1 is 0.245 bits per heavy atom. The molecule has 248 valence electrons. The zero-order chi connectivity index (χ0) is 35.2. The van der Waals surface area contributed by atoms with Crippen molar-refractivity contribution in [3.8, 4) is 44.5 Å². The van der Waals surface area contributed by atoms with Gasteiger partial charge in [0.15, 0.2) is 0 Å². The average Bonchev–Trinajstić information content (AvgIpc) is 3.70. The maximum absolute atomic E-state index is 2.44. The third-order valence-electron chi connectivity index (χ3n) is 11.1. The lowest BCUT2D eigenvalue weighted by atomic mass is 9.70. The summed E-state index contributed by atoms with van der Waals surface area (Å²) >= 11 is 0. The summed E-state index contributed by atoms with van der Waals surface area (Å²) in [5.74, 6) is 0. The molecule has 10 rings (SSSR count). The van der Waals surface area contributed by atoms with Gasteiger partial charge in [0.2, 0.25) is 0 Å². The highest BCUT2D eigenvalue weighted by molar-refractivity contribution is 5.96. The highest BCUT2D eigenvalue weighted by atomic mass is 14.5. The topological polar surface area (TPSA) is 0 Å². The van der Waals surface area contributed by atoms with Crippen LogP contribution in [0, 0.1) is 0 Å². The van der Waals surface area contributed by atoms with E-state index in [9.17, 15) is 0 Å². The Hall–Kier alpha value is -6.76. The summed E-state index contributed by atoms with van der Waals surface area (Å²) in [7, 11) is 0. The summed E-state index contributed by atoms with van der Waals surface area (Å²) in [5, 5.41) is 0. The van der Waals surface area contributed by atoms with Gasteiger partial charge in [0.05, 0.1) is 5.41 Å². The minimum absolute atomic E-state index is 0.403. The lowest BCUT2D eigenvalue weighted by Crippen LogP contribution is -2.26. The Morgan fingerprint density at radius 3 is 1.00 bits per heavy atom. The minimum atomic E-state index is -0.403. The maximum atomic E-state index is 2.44. The van der Waals surface area contributed by atoms with E-state index in [1.165, 1.54) is 89.0 Å². The molecule has 1 spiro atoms. The largest absolute Gasteiger partial charge is 0.0725 e. The maximum Gasteiger partial charge on any atom is 0.0725 e. The van der Waals surface area contributed by atoms with E-state index < -0.39 is 5.41 Å². The van der Waals surface area contributed by atoms with E-state index in [1.807, 2.05) is 0 Å². The molecule has 0 fully saturated rings. The van der Waals surface area contributed by atoms with Gasteiger partial charge in [-0.1, -0.05) is 206 Å². The standard InChI is InChI=1S/C53H36/c1-3-11-41(12-4-1)43-29-23-37(24-30-43)19-21-39-27-33-47-45-15-7-9-17-49(45)53(51(47)35-39)50-18-10-8-16-46(50)48-34-28-40(36-52(48)53)22-20-38-25-31-44(32-26-38)42-13-5-2-6-14-42/h1-36H. The number of fused-ring (bicyclic) bond motifs is 10. The predicted molar refractivity (Wildman–Crippen MR) is 224 cm³/mol. The summed E-state index contributed by atoms with van der Waals surface area (Å²) in [6.07, 6.45) is 8.99. The van der Waals surface area contributed by atoms with Gasteiger partial charge in [-0.05, 0) is 101 Å². The molecular formula is C53H36. The van der Waals surface area contributed by atoms with Gasteiger partial charge in [-0.2, -0.15) is 0 Å². The fourth-order valence-corrected chi connectivity index (χ4v) is 8.60. The molecule has 2 aliphatic carbocycles. The number of benzene rings is 8. The second-order valence-electron chi connectivity index (χ2n) is 14.1. The quantitative estimate of drug-likeness (QED) is 0.154. The van der Waals surface area contributed by atoms with Crippen molar-refractivity contribution in [2.24, 2.45) is 0 Å². The first-order valence-corrected chi connectivity index (χ1v) is 18.4. The van der Waals surface area contributed by atoms with E-state index in [0.717, 1.165) is 0 Å². The zero-order valence-corrected chi connectivity index (χ0v) is 29.3. The Labute approximate surface area is 311 Å². The van der Waals surface area contributed by atoms with Crippen molar-refractivity contribution in [2.75, 3.05) is 0 Å². The molecule has 8 aromatic rings. The Bertz CT molecular complexity index is 2480. The van der Waals surface area contributed by atoms with Crippen molar-refractivity contribution in [2.45, 2.75) is 5.41 Å². The van der Waals surface area contributed by atoms with Crippen LogP contribution in [0.25, 0.3) is 68.8 Å². The fourth-order valence-electron chi connectivity index (χ4n) is 8.60. The van der Waals surface area contributed by atoms with E-state index >= 15 is 0 Å². The first kappa shape index (κ1) is 31.0. The SMILES string of the molecule is C(=Cc1ccc2c(c1)C1(c3ccccc3-2)c2ccccc2-c2ccc(C=Cc3ccc(-c4ccccc4)cc3)cc21)c1ccc(-c2ccccc2)cc1. The monoisotopic (exact) mass is 672 g/mol. The van der Waals surface area contributed by atoms with Gasteiger partial charge in [0, 0.05) is 0 Å². The summed E-state index contributed by atoms with van der Waals surface area (Å²) in [4.78, 5) is 0. The molecule has 0 saturated heterocycles. The van der Waals surface area contributed by atoms with Crippen LogP contribution < -0.4 is 0 Å². The van der Waals surface area contributed by atoms with E-state index in [2.05, 4.69) is 218 Å². The third-order valence-corrected chi connectivity index (χ3v) is 11.1. The van der Waals surface area contributed by atoms with Crippen LogP contribution in [0.3, 0.4) is 0 Å². The summed E-state index contributed by atoms with van der Waals surface area (Å²) in [5.41, 5.74) is 20.0. The predicted octanol–water partition coefficient (Wildman–Crippen LogP) is 13.7. The molecule has 0 heteroatoms. The molecule has 0 N–H and O–H groups in total. The molecule has 2 aliphatic rings. The molecule has 0 aromatic heterocycles. The van der Waals surface area contributed by atoms with Crippen LogP contribution in [0.4, 0.5) is 0 Å². The molecule has 0 bridgehead atoms. The lowest BCUT2D eigenvalue weighted by molar-refractivity contribution is 0.793. The van der Waals surface area contributed by atoms with Crippen molar-refractivity contribution >= 4 is 24.3 Å². The van der Waals surface area contributed by atoms with E-state index in [-0.39, 0.29) is 0 Å². The van der Waals surface area contributed by atoms with Crippen LogP contribution in [0.2, 0.25) is 0 Å². The second kappa shape index (κ2) is 12.8. The van der Waals surface area contributed by atoms with Crippen molar-refractivity contribution in [1.29, 1.82) is 0 Å². The fraction of sp³-hybridized carbons (Fsp3) is 0.0189. The minimum Gasteiger partial charge on any atom is -0.0622 e. The first-order chi connectivity index (χ1) is 26.3. The Balaban J connectivity index is 1.05. The van der Waals surface area contributed by atoms with Gasteiger partial charge >= 0.3 is 0 Å². The first-order valence-electron chi connectivity index (χ1n) is 18.4. The van der Waals surface area contributed by atoms with E-state index in [4.69, 9.17) is 0 Å². The Kier molecular flexibility index (Phi) is 7.48. The molecule has 0 aliphatic heterocycles. The second-order valence-corrected chi connectivity index (χ2v) is 14.1. The molecular weight excluding hydrogens is 637 g/mol. The van der Waals surface area contributed by atoms with Crippen LogP contribution >= 0.6 is 0 Å². The van der Waals surface area contributed by atoms with Crippen molar-refractivity contribution in [1.82, 2.24) is 0 Å². The normalized spacial score (nSPS) is 15.1. The zero-order valence-electron chi connectivity index (χ0n) is 29.3. The molecule has 0 saturated carbocycles. The summed E-state index contributed by atoms with van der Waals surface area (Å²) in [6, 6.07) is 71.0. The molecule has 0 nitrogen and oxygen atoms in total. The highest BCUT2D eigenvalue weighted by Crippen LogP contribution is 2.63. The van der Waals surface area contributed by atoms with Gasteiger partial charge in [0.1, 0.15) is 0 Å². The molecule has 0 unspecified atom stereocenters. The Morgan fingerprint density at radius 2 is 0.566 bits per heavy atom. The number of hydrogen-bond acceptors (Lipinski definition) is 0. The van der Waals surface area contributed by atoms with Crippen LogP contribution in [0.1, 0.15) is 44.5 Å². The van der Waals surface area contributed by atoms with E-state index in [0.29, 0.717) is 0 Å². The smallest absolute Gasteiger partial charge is 0.0622 e. The van der Waals surface area contributed by atoms with Gasteiger partial charge in [-0.3, -0.25) is 0 Å². The summed E-state index contributed by atoms with van der Waals surface area (Å²) in [6.45, 7) is 0. The van der Waals surface area contributed by atoms with Crippen LogP contribution in [-0.4, -0.2) is 0 Å². The number of hydrogen-bond donors (Lipinski definition) is 0. The van der Waals surface area contributed by atoms with E-state index in [1.54, 1.807) is 0 Å². The average molecular weight is 673 g/mol. The number of rotatable bonds is 6. The van der Waals surface area contributed by atoms with Crippen molar-refractivity contribution < 1.29 is 0 Å². The van der Waals surface area contributed by atoms with Crippen LogP contribution in [-0.2, 0) is 5.41 Å². The van der Waals surface area contributed by atoms with Crippen LogP contribution in [0.5, 0.6) is 0 Å². The highest BCUT2D eigenvalue weighted by Gasteiger charge is 2.51. The van der Waals surface area contributed by atoms with Gasteiger partial charge in [-0.15, -0.1) is 0 Å². The molecule has 0 atom stereocenters. The van der Waals surface area contributed by atoms with Gasteiger partial charge in [0.25, 0.3) is 0 Å². The summed E-state index contributed by atoms with van der Waals surface area (Å²) < 4.78 is 0.